The summed E-state index contributed by atoms with van der Waals surface area (Å²) in [5.74, 6) is -0.921. The molecule has 0 aliphatic carbocycles. The number of nitrogens with one attached hydrogen (secondary N) is 2. The third-order valence-electron chi connectivity index (χ3n) is 3.96. The van der Waals surface area contributed by atoms with Crippen LogP contribution in [0.1, 0.15) is 11.1 Å². The van der Waals surface area contributed by atoms with Gasteiger partial charge in [0.2, 0.25) is 5.91 Å². The predicted octanol–water partition coefficient (Wildman–Crippen LogP) is 4.71. The quantitative estimate of drug-likeness (QED) is 0.421. The smallest absolute Gasteiger partial charge is 0.324 e. The summed E-state index contributed by atoms with van der Waals surface area (Å²) in [5, 5.41) is 11.6. The molecule has 3 aromatic rings. The van der Waals surface area contributed by atoms with Crippen LogP contribution in [0.4, 0.5) is 18.9 Å². The number of hydrogen-bond donors (Lipinski definition) is 2. The molecule has 0 atom stereocenters. The summed E-state index contributed by atoms with van der Waals surface area (Å²) in [5.41, 5.74) is -1.27. The van der Waals surface area contributed by atoms with Gasteiger partial charge in [-0.25, -0.2) is 4.98 Å². The highest BCUT2D eigenvalue weighted by Gasteiger charge is 2.31. The Labute approximate surface area is 183 Å². The maximum atomic E-state index is 12.9. The Hall–Kier alpha value is -3.29. The van der Waals surface area contributed by atoms with E-state index in [4.69, 9.17) is 11.6 Å². The van der Waals surface area contributed by atoms with E-state index in [9.17, 15) is 28.0 Å². The maximum absolute atomic E-state index is 12.9. The number of rotatable bonds is 5. The van der Waals surface area contributed by atoms with Gasteiger partial charge in [0.15, 0.2) is 5.16 Å². The summed E-state index contributed by atoms with van der Waals surface area (Å²) in [6.45, 7) is 0. The summed E-state index contributed by atoms with van der Waals surface area (Å²) in [4.78, 5) is 31.1. The second kappa shape index (κ2) is 9.24. The van der Waals surface area contributed by atoms with Crippen molar-refractivity contribution >= 4 is 35.0 Å². The van der Waals surface area contributed by atoms with Crippen LogP contribution in [0.2, 0.25) is 5.02 Å². The number of thioether (sulfide) groups is 1. The average Bonchev–Trinajstić information content (AvgIpc) is 2.73. The van der Waals surface area contributed by atoms with E-state index in [1.807, 2.05) is 6.07 Å². The van der Waals surface area contributed by atoms with E-state index in [1.165, 1.54) is 0 Å². The molecule has 6 nitrogen and oxygen atoms in total. The van der Waals surface area contributed by atoms with Crippen molar-refractivity contribution in [3.63, 3.8) is 0 Å². The first-order chi connectivity index (χ1) is 14.7. The Bertz CT molecular complexity index is 1220. The third-order valence-corrected chi connectivity index (χ3v) is 5.17. The fourth-order valence-electron chi connectivity index (χ4n) is 2.55. The molecule has 0 unspecified atom stereocenters. The van der Waals surface area contributed by atoms with Crippen molar-refractivity contribution in [3.8, 4) is 17.3 Å². The van der Waals surface area contributed by atoms with Crippen molar-refractivity contribution in [1.82, 2.24) is 9.97 Å². The fraction of sp³-hybridized carbons (Fsp3) is 0.100. The standard InChI is InChI=1S/C20H12ClF3N4O2S/c21-14-7-6-12(20(22,23)24)8-15(14)26-16(29)10-31-19-27-17(11-4-2-1-3-5-11)13(9-25)18(30)28-19/h1-8H,10H2,(H,26,29)(H,27,28,30). The molecular weight excluding hydrogens is 453 g/mol. The number of aromatic amines is 1. The van der Waals surface area contributed by atoms with Gasteiger partial charge >= 0.3 is 6.18 Å². The molecule has 0 aliphatic heterocycles. The number of amides is 1. The molecule has 0 aliphatic rings. The average molecular weight is 465 g/mol. The van der Waals surface area contributed by atoms with Crippen LogP contribution >= 0.6 is 23.4 Å². The Morgan fingerprint density at radius 2 is 1.94 bits per heavy atom. The van der Waals surface area contributed by atoms with Crippen LogP contribution in [0.15, 0.2) is 58.5 Å². The zero-order valence-electron chi connectivity index (χ0n) is 15.5. The highest BCUT2D eigenvalue weighted by atomic mass is 35.5. The van der Waals surface area contributed by atoms with Gasteiger partial charge in [-0.15, -0.1) is 0 Å². The largest absolute Gasteiger partial charge is 0.416 e. The van der Waals surface area contributed by atoms with E-state index in [2.05, 4.69) is 15.3 Å². The number of carbonyl (C=O) groups excluding carboxylic acids is 1. The number of aromatic nitrogens is 2. The SMILES string of the molecule is N#Cc1c(-c2ccccc2)nc(SCC(=O)Nc2cc(C(F)(F)F)ccc2Cl)[nH]c1=O. The topological polar surface area (TPSA) is 98.6 Å². The molecule has 0 radical (unpaired) electrons. The zero-order chi connectivity index (χ0) is 22.6. The summed E-state index contributed by atoms with van der Waals surface area (Å²) < 4.78 is 38.6. The maximum Gasteiger partial charge on any atom is 0.416 e. The molecule has 0 saturated heterocycles. The summed E-state index contributed by atoms with van der Waals surface area (Å²) in [7, 11) is 0. The second-order valence-electron chi connectivity index (χ2n) is 6.10. The molecular formula is C20H12ClF3N4O2S. The van der Waals surface area contributed by atoms with Gasteiger partial charge in [0.25, 0.3) is 5.56 Å². The number of H-pyrrole nitrogens is 1. The van der Waals surface area contributed by atoms with Gasteiger partial charge in [-0.3, -0.25) is 9.59 Å². The van der Waals surface area contributed by atoms with Crippen molar-refractivity contribution in [2.45, 2.75) is 11.3 Å². The lowest BCUT2D eigenvalue weighted by Crippen LogP contribution is -2.18. The van der Waals surface area contributed by atoms with Gasteiger partial charge in [-0.1, -0.05) is 53.7 Å². The van der Waals surface area contributed by atoms with Crippen LogP contribution in [-0.2, 0) is 11.0 Å². The Morgan fingerprint density at radius 1 is 1.23 bits per heavy atom. The predicted molar refractivity (Wildman–Crippen MR) is 111 cm³/mol. The van der Waals surface area contributed by atoms with Crippen LogP contribution in [0, 0.1) is 11.3 Å². The lowest BCUT2D eigenvalue weighted by atomic mass is 10.1. The molecule has 0 saturated carbocycles. The van der Waals surface area contributed by atoms with Crippen LogP contribution in [0.3, 0.4) is 0 Å². The van der Waals surface area contributed by atoms with Gasteiger partial charge in [0, 0.05) is 5.56 Å². The summed E-state index contributed by atoms with van der Waals surface area (Å²) in [6.07, 6.45) is -4.58. The van der Waals surface area contributed by atoms with Crippen molar-refractivity contribution in [3.05, 3.63) is 75.0 Å². The van der Waals surface area contributed by atoms with Gasteiger partial charge in [-0.2, -0.15) is 18.4 Å². The first-order valence-electron chi connectivity index (χ1n) is 8.58. The number of alkyl halides is 3. The number of carbonyl (C=O) groups is 1. The lowest BCUT2D eigenvalue weighted by molar-refractivity contribution is -0.137. The highest BCUT2D eigenvalue weighted by Crippen LogP contribution is 2.34. The molecule has 0 fully saturated rings. The van der Waals surface area contributed by atoms with E-state index in [1.54, 1.807) is 30.3 Å². The van der Waals surface area contributed by atoms with Gasteiger partial charge < -0.3 is 10.3 Å². The van der Waals surface area contributed by atoms with E-state index < -0.39 is 23.2 Å². The molecule has 1 aromatic heterocycles. The van der Waals surface area contributed by atoms with Gasteiger partial charge in [0.05, 0.1) is 27.7 Å². The van der Waals surface area contributed by atoms with Crippen molar-refractivity contribution < 1.29 is 18.0 Å². The van der Waals surface area contributed by atoms with Crippen LogP contribution in [-0.4, -0.2) is 21.6 Å². The molecule has 2 N–H and O–H groups in total. The van der Waals surface area contributed by atoms with E-state index in [0.29, 0.717) is 5.56 Å². The molecule has 31 heavy (non-hydrogen) atoms. The Morgan fingerprint density at radius 3 is 2.58 bits per heavy atom. The second-order valence-corrected chi connectivity index (χ2v) is 7.47. The van der Waals surface area contributed by atoms with Crippen molar-refractivity contribution in [1.29, 1.82) is 5.26 Å². The Kier molecular flexibility index (Phi) is 6.68. The Balaban J connectivity index is 1.78. The summed E-state index contributed by atoms with van der Waals surface area (Å²) >= 11 is 6.72. The number of halogens is 4. The van der Waals surface area contributed by atoms with E-state index >= 15 is 0 Å². The van der Waals surface area contributed by atoms with Gasteiger partial charge in [0.1, 0.15) is 11.6 Å². The lowest BCUT2D eigenvalue weighted by Gasteiger charge is -2.11. The van der Waals surface area contributed by atoms with Crippen LogP contribution in [0.25, 0.3) is 11.3 Å². The number of nitriles is 1. The first-order valence-corrected chi connectivity index (χ1v) is 9.94. The minimum Gasteiger partial charge on any atom is -0.324 e. The zero-order valence-corrected chi connectivity index (χ0v) is 17.0. The summed E-state index contributed by atoms with van der Waals surface area (Å²) in [6, 6.07) is 13.0. The fourth-order valence-corrected chi connectivity index (χ4v) is 3.37. The van der Waals surface area contributed by atoms with E-state index in [0.717, 1.165) is 30.0 Å². The molecule has 11 heteroatoms. The molecule has 158 valence electrons. The van der Waals surface area contributed by atoms with Gasteiger partial charge in [-0.05, 0) is 18.2 Å². The minimum atomic E-state index is -4.58. The first kappa shape index (κ1) is 22.4. The molecule has 1 heterocycles. The molecule has 1 amide bonds. The normalized spacial score (nSPS) is 11.1. The van der Waals surface area contributed by atoms with E-state index in [-0.39, 0.29) is 32.9 Å². The molecule has 0 spiro atoms. The van der Waals surface area contributed by atoms with Crippen molar-refractivity contribution in [2.24, 2.45) is 0 Å². The minimum absolute atomic E-state index is 0.0531. The van der Waals surface area contributed by atoms with Crippen LogP contribution in [0.5, 0.6) is 0 Å². The number of nitrogens with zero attached hydrogens (tertiary/aromatic N) is 2. The molecule has 3 rings (SSSR count). The van der Waals surface area contributed by atoms with Crippen LogP contribution < -0.4 is 10.9 Å². The third kappa shape index (κ3) is 5.45. The monoisotopic (exact) mass is 464 g/mol. The molecule has 2 aromatic carbocycles. The van der Waals surface area contributed by atoms with Crippen molar-refractivity contribution in [2.75, 3.05) is 11.1 Å². The number of anilines is 1. The molecule has 0 bridgehead atoms. The number of hydrogen-bond acceptors (Lipinski definition) is 5. The number of benzene rings is 2. The highest BCUT2D eigenvalue weighted by molar-refractivity contribution is 7.99.